The van der Waals surface area contributed by atoms with Gasteiger partial charge in [-0.05, 0) is 157 Å². The van der Waals surface area contributed by atoms with Gasteiger partial charge >= 0.3 is 0 Å². The van der Waals surface area contributed by atoms with Gasteiger partial charge in [-0.25, -0.2) is 0 Å². The Morgan fingerprint density at radius 2 is 0.978 bits per heavy atom. The third kappa shape index (κ3) is 4.92. The molecule has 4 bridgehead atoms. The van der Waals surface area contributed by atoms with Crippen LogP contribution >= 0.6 is 0 Å². The average molecular weight is 586 g/mol. The van der Waals surface area contributed by atoms with Gasteiger partial charge in [0.15, 0.2) is 0 Å². The van der Waals surface area contributed by atoms with E-state index in [1.807, 2.05) is 0 Å². The summed E-state index contributed by atoms with van der Waals surface area (Å²) in [6.45, 7) is 0. The lowest BCUT2D eigenvalue weighted by Crippen LogP contribution is -2.48. The molecule has 0 saturated heterocycles. The Morgan fingerprint density at radius 1 is 0.467 bits per heavy atom. The molecule has 0 spiro atoms. The molecule has 0 N–H and O–H groups in total. The van der Waals surface area contributed by atoms with Crippen molar-refractivity contribution >= 4 is 17.1 Å². The van der Waals surface area contributed by atoms with E-state index in [4.69, 9.17) is 0 Å². The lowest BCUT2D eigenvalue weighted by Gasteiger charge is -2.57. The van der Waals surface area contributed by atoms with E-state index < -0.39 is 0 Å². The molecule has 0 aromatic heterocycles. The maximum Gasteiger partial charge on any atom is 0.0496 e. The molecular formula is C44H43N. The minimum absolute atomic E-state index is 0.461. The van der Waals surface area contributed by atoms with Gasteiger partial charge in [-0.2, -0.15) is 0 Å². The van der Waals surface area contributed by atoms with Gasteiger partial charge in [0, 0.05) is 17.1 Å². The van der Waals surface area contributed by atoms with E-state index >= 15 is 0 Å². The van der Waals surface area contributed by atoms with Gasteiger partial charge in [-0.15, -0.1) is 0 Å². The predicted molar refractivity (Wildman–Crippen MR) is 188 cm³/mol. The molecule has 45 heavy (non-hydrogen) atoms. The molecule has 0 heterocycles. The number of rotatable bonds is 6. The maximum atomic E-state index is 2.48. The van der Waals surface area contributed by atoms with Crippen molar-refractivity contribution in [3.63, 3.8) is 0 Å². The Morgan fingerprint density at radius 3 is 1.56 bits per heavy atom. The SMILES string of the molecule is c1ccc(-c2ccc(N(c3ccc(-c4ccc(C56CC7CC(CC(C7)C5)C6)cc4)cc3)c3cccc4c3CCCC4)cc2)cc1. The molecule has 4 fully saturated rings. The molecular weight excluding hydrogens is 542 g/mol. The summed E-state index contributed by atoms with van der Waals surface area (Å²) in [7, 11) is 0. The standard InChI is InChI=1S/C44H43N/c1-2-7-34(8-3-1)36-15-21-40(22-16-36)45(43-12-6-10-38-9-4-5-11-42(38)43)41-23-17-37(18-24-41)35-13-19-39(20-14-35)44-28-31-25-32(29-44)27-33(26-31)30-44/h1-3,6-8,10,12-24,31-33H,4-5,9,11,25-30H2. The summed E-state index contributed by atoms with van der Waals surface area (Å²) >= 11 is 0. The Labute approximate surface area is 269 Å². The molecule has 0 unspecified atom stereocenters. The highest BCUT2D eigenvalue weighted by atomic mass is 15.1. The number of nitrogens with zero attached hydrogens (tertiary/aromatic N) is 1. The molecule has 224 valence electrons. The molecule has 5 aromatic rings. The number of hydrogen-bond donors (Lipinski definition) is 0. The van der Waals surface area contributed by atoms with Gasteiger partial charge in [-0.1, -0.05) is 91.0 Å². The highest BCUT2D eigenvalue weighted by molar-refractivity contribution is 5.82. The van der Waals surface area contributed by atoms with E-state index in [9.17, 15) is 0 Å². The third-order valence-electron chi connectivity index (χ3n) is 11.8. The Balaban J connectivity index is 1.04. The lowest BCUT2D eigenvalue weighted by molar-refractivity contribution is -0.00518. The molecule has 0 atom stereocenters. The van der Waals surface area contributed by atoms with E-state index in [-0.39, 0.29) is 0 Å². The fourth-order valence-electron chi connectivity index (χ4n) is 10.1. The first-order chi connectivity index (χ1) is 22.2. The molecule has 4 saturated carbocycles. The molecule has 1 heteroatoms. The predicted octanol–water partition coefficient (Wildman–Crippen LogP) is 11.8. The summed E-state index contributed by atoms with van der Waals surface area (Å²) in [4.78, 5) is 2.48. The molecule has 0 aliphatic heterocycles. The van der Waals surface area contributed by atoms with Crippen LogP contribution in [-0.4, -0.2) is 0 Å². The highest BCUT2D eigenvalue weighted by Crippen LogP contribution is 2.60. The number of anilines is 3. The third-order valence-corrected chi connectivity index (χ3v) is 11.8. The van der Waals surface area contributed by atoms with Crippen LogP contribution in [0, 0.1) is 17.8 Å². The van der Waals surface area contributed by atoms with Crippen molar-refractivity contribution in [3.8, 4) is 22.3 Å². The van der Waals surface area contributed by atoms with Crippen molar-refractivity contribution < 1.29 is 0 Å². The normalized spacial score (nSPS) is 24.8. The monoisotopic (exact) mass is 585 g/mol. The minimum Gasteiger partial charge on any atom is -0.310 e. The van der Waals surface area contributed by atoms with Gasteiger partial charge in [0.05, 0.1) is 0 Å². The van der Waals surface area contributed by atoms with Crippen LogP contribution in [0.4, 0.5) is 17.1 Å². The second-order valence-electron chi connectivity index (χ2n) is 14.7. The zero-order valence-corrected chi connectivity index (χ0v) is 26.3. The Hall–Kier alpha value is -4.10. The second kappa shape index (κ2) is 11.1. The molecule has 0 amide bonds. The fraction of sp³-hybridized carbons (Fsp3) is 0.318. The number of fused-ring (bicyclic) bond motifs is 1. The molecule has 5 aromatic carbocycles. The second-order valence-corrected chi connectivity index (χ2v) is 14.7. The zero-order chi connectivity index (χ0) is 29.8. The van der Waals surface area contributed by atoms with Crippen LogP contribution in [0.5, 0.6) is 0 Å². The van der Waals surface area contributed by atoms with E-state index in [1.54, 1.807) is 5.56 Å². The van der Waals surface area contributed by atoms with Gasteiger partial charge in [0.25, 0.3) is 0 Å². The smallest absolute Gasteiger partial charge is 0.0496 e. The van der Waals surface area contributed by atoms with Gasteiger partial charge < -0.3 is 4.90 Å². The van der Waals surface area contributed by atoms with Gasteiger partial charge in [-0.3, -0.25) is 0 Å². The van der Waals surface area contributed by atoms with E-state index in [1.165, 1.54) is 108 Å². The fourth-order valence-corrected chi connectivity index (χ4v) is 10.1. The first-order valence-electron chi connectivity index (χ1n) is 17.5. The van der Waals surface area contributed by atoms with Crippen molar-refractivity contribution in [1.82, 2.24) is 0 Å². The lowest BCUT2D eigenvalue weighted by atomic mass is 9.48. The minimum atomic E-state index is 0.461. The van der Waals surface area contributed by atoms with Crippen LogP contribution in [0.25, 0.3) is 22.3 Å². The van der Waals surface area contributed by atoms with Crippen LogP contribution in [0.3, 0.4) is 0 Å². The van der Waals surface area contributed by atoms with E-state index in [2.05, 4.69) is 126 Å². The van der Waals surface area contributed by atoms with Crippen molar-refractivity contribution in [2.45, 2.75) is 69.6 Å². The summed E-state index contributed by atoms with van der Waals surface area (Å²) in [6, 6.07) is 45.8. The van der Waals surface area contributed by atoms with Crippen molar-refractivity contribution in [2.75, 3.05) is 4.90 Å². The maximum absolute atomic E-state index is 2.48. The molecule has 0 radical (unpaired) electrons. The van der Waals surface area contributed by atoms with Crippen LogP contribution in [-0.2, 0) is 18.3 Å². The van der Waals surface area contributed by atoms with Crippen LogP contribution in [0.2, 0.25) is 0 Å². The van der Waals surface area contributed by atoms with Gasteiger partial charge in [0.1, 0.15) is 0 Å². The summed E-state index contributed by atoms with van der Waals surface area (Å²) in [6.07, 6.45) is 13.7. The first-order valence-corrected chi connectivity index (χ1v) is 17.5. The number of benzene rings is 5. The number of hydrogen-bond acceptors (Lipinski definition) is 1. The van der Waals surface area contributed by atoms with Crippen LogP contribution in [0.15, 0.2) is 121 Å². The van der Waals surface area contributed by atoms with Gasteiger partial charge in [0.2, 0.25) is 0 Å². The summed E-state index contributed by atoms with van der Waals surface area (Å²) in [5, 5.41) is 0. The molecule has 5 aliphatic carbocycles. The van der Waals surface area contributed by atoms with E-state index in [0.717, 1.165) is 24.2 Å². The Kier molecular flexibility index (Phi) is 6.69. The highest BCUT2D eigenvalue weighted by Gasteiger charge is 2.51. The van der Waals surface area contributed by atoms with Crippen molar-refractivity contribution in [3.05, 3.63) is 138 Å². The molecule has 1 nitrogen and oxygen atoms in total. The van der Waals surface area contributed by atoms with Crippen LogP contribution < -0.4 is 4.90 Å². The first kappa shape index (κ1) is 27.2. The van der Waals surface area contributed by atoms with Crippen LogP contribution in [0.1, 0.15) is 68.1 Å². The molecule has 5 aliphatic rings. The average Bonchev–Trinajstić information content (AvgIpc) is 3.09. The topological polar surface area (TPSA) is 3.24 Å². The van der Waals surface area contributed by atoms with E-state index in [0.29, 0.717) is 5.41 Å². The summed E-state index contributed by atoms with van der Waals surface area (Å²) in [5.74, 6) is 2.95. The van der Waals surface area contributed by atoms with Crippen molar-refractivity contribution in [2.24, 2.45) is 17.8 Å². The molecule has 10 rings (SSSR count). The largest absolute Gasteiger partial charge is 0.310 e. The summed E-state index contributed by atoms with van der Waals surface area (Å²) in [5.41, 5.74) is 14.0. The Bertz CT molecular complexity index is 1760. The number of aryl methyl sites for hydroxylation is 1. The van der Waals surface area contributed by atoms with Crippen molar-refractivity contribution in [1.29, 1.82) is 0 Å². The zero-order valence-electron chi connectivity index (χ0n) is 26.3. The summed E-state index contributed by atoms with van der Waals surface area (Å²) < 4.78 is 0. The quantitative estimate of drug-likeness (QED) is 0.192.